The molecule has 2 aromatic carbocycles. The van der Waals surface area contributed by atoms with Crippen molar-refractivity contribution < 1.29 is 13.2 Å². The van der Waals surface area contributed by atoms with Gasteiger partial charge < -0.3 is 10.3 Å². The van der Waals surface area contributed by atoms with Gasteiger partial charge >= 0.3 is 0 Å². The smallest absolute Gasteiger partial charge is 0.262 e. The van der Waals surface area contributed by atoms with Crippen LogP contribution < -0.4 is 5.32 Å². The summed E-state index contributed by atoms with van der Waals surface area (Å²) in [5.41, 5.74) is 1.78. The Bertz CT molecular complexity index is 1220. The van der Waals surface area contributed by atoms with Gasteiger partial charge in [-0.2, -0.15) is 0 Å². The van der Waals surface area contributed by atoms with Crippen molar-refractivity contribution in [3.8, 4) is 0 Å². The van der Waals surface area contributed by atoms with Crippen molar-refractivity contribution in [2.75, 3.05) is 5.32 Å². The predicted molar refractivity (Wildman–Crippen MR) is 117 cm³/mol. The van der Waals surface area contributed by atoms with Crippen LogP contribution in [-0.2, 0) is 20.4 Å². The second-order valence-electron chi connectivity index (χ2n) is 6.33. The third-order valence-corrected chi connectivity index (χ3v) is 7.75. The molecule has 0 bridgehead atoms. The van der Waals surface area contributed by atoms with Crippen LogP contribution in [0.5, 0.6) is 0 Å². The number of nitrogens with one attached hydrogen (secondary N) is 2. The van der Waals surface area contributed by atoms with Crippen molar-refractivity contribution in [2.24, 2.45) is 0 Å². The maximum atomic E-state index is 13.0. The van der Waals surface area contributed by atoms with Crippen LogP contribution in [0.15, 0.2) is 69.6 Å². The molecule has 0 aliphatic carbocycles. The molecule has 5 nitrogen and oxygen atoms in total. The van der Waals surface area contributed by atoms with E-state index in [9.17, 15) is 13.2 Å². The molecule has 4 rings (SSSR count). The predicted octanol–water partition coefficient (Wildman–Crippen LogP) is 5.38. The van der Waals surface area contributed by atoms with E-state index in [1.807, 2.05) is 6.07 Å². The molecule has 29 heavy (non-hydrogen) atoms. The molecule has 0 unspecified atom stereocenters. The third-order valence-electron chi connectivity index (χ3n) is 4.32. The van der Waals surface area contributed by atoms with Gasteiger partial charge in [0.05, 0.1) is 21.2 Å². The number of hydrogen-bond donors (Lipinski definition) is 2. The number of thioether (sulfide) groups is 1. The quantitative estimate of drug-likeness (QED) is 0.507. The van der Waals surface area contributed by atoms with Gasteiger partial charge in [-0.25, -0.2) is 8.42 Å². The summed E-state index contributed by atoms with van der Waals surface area (Å²) < 4.78 is 25.9. The summed E-state index contributed by atoms with van der Waals surface area (Å²) in [6.45, 7) is 0. The molecule has 0 fully saturated rings. The van der Waals surface area contributed by atoms with Gasteiger partial charge in [-0.05, 0) is 48.0 Å². The number of rotatable bonds is 4. The van der Waals surface area contributed by atoms with Crippen LogP contribution in [0.1, 0.15) is 11.1 Å². The first-order valence-electron chi connectivity index (χ1n) is 8.47. The lowest BCUT2D eigenvalue weighted by atomic mass is 10.2. The second-order valence-corrected chi connectivity index (χ2v) is 10.2. The fraction of sp³-hybridized carbons (Fsp3) is 0.0500. The van der Waals surface area contributed by atoms with Gasteiger partial charge in [0, 0.05) is 32.9 Å². The Morgan fingerprint density at radius 3 is 2.52 bits per heavy atom. The molecule has 0 atom stereocenters. The molecule has 148 valence electrons. The van der Waals surface area contributed by atoms with E-state index < -0.39 is 9.84 Å². The first-order chi connectivity index (χ1) is 13.8. The molecule has 2 N–H and O–H groups in total. The van der Waals surface area contributed by atoms with E-state index >= 15 is 0 Å². The van der Waals surface area contributed by atoms with Crippen molar-refractivity contribution in [3.63, 3.8) is 0 Å². The van der Waals surface area contributed by atoms with E-state index in [-0.39, 0.29) is 16.6 Å². The molecule has 3 aromatic rings. The van der Waals surface area contributed by atoms with E-state index in [0.717, 1.165) is 5.56 Å². The van der Waals surface area contributed by atoms with Crippen LogP contribution in [0.25, 0.3) is 6.08 Å². The Labute approximate surface area is 182 Å². The summed E-state index contributed by atoms with van der Waals surface area (Å²) in [6.07, 6.45) is 5.27. The largest absolute Gasteiger partial charge is 0.367 e. The number of aromatic amines is 1. The van der Waals surface area contributed by atoms with Gasteiger partial charge in [-0.3, -0.25) is 4.79 Å². The summed E-state index contributed by atoms with van der Waals surface area (Å²) >= 11 is 13.5. The maximum absolute atomic E-state index is 13.0. The lowest BCUT2D eigenvalue weighted by molar-refractivity contribution is -0.112. The third kappa shape index (κ3) is 4.23. The number of carbonyl (C=O) groups excluding carboxylic acids is 1. The average Bonchev–Trinajstić information content (AvgIpc) is 3.18. The van der Waals surface area contributed by atoms with E-state index in [1.165, 1.54) is 17.8 Å². The van der Waals surface area contributed by atoms with Gasteiger partial charge in [-0.1, -0.05) is 41.0 Å². The Morgan fingerprint density at radius 1 is 1.07 bits per heavy atom. The van der Waals surface area contributed by atoms with Crippen LogP contribution in [0.2, 0.25) is 10.0 Å². The highest BCUT2D eigenvalue weighted by molar-refractivity contribution is 8.04. The number of fused-ring (bicyclic) bond motifs is 1. The van der Waals surface area contributed by atoms with Gasteiger partial charge in [0.15, 0.2) is 9.84 Å². The first kappa shape index (κ1) is 20.1. The number of hydrogen-bond acceptors (Lipinski definition) is 4. The number of amides is 1. The molecule has 1 amide bonds. The fourth-order valence-electron chi connectivity index (χ4n) is 2.85. The summed E-state index contributed by atoms with van der Waals surface area (Å²) in [5, 5.41) is 3.40. The summed E-state index contributed by atoms with van der Waals surface area (Å²) in [5.74, 6) is -0.546. The number of benzene rings is 2. The average molecular weight is 465 g/mol. The normalized spacial score (nSPS) is 15.2. The number of carbonyl (C=O) groups is 1. The van der Waals surface area contributed by atoms with Gasteiger partial charge in [-0.15, -0.1) is 0 Å². The minimum absolute atomic E-state index is 0.136. The lowest BCUT2D eigenvalue weighted by Crippen LogP contribution is -2.17. The number of H-pyrrole nitrogens is 1. The van der Waals surface area contributed by atoms with Crippen molar-refractivity contribution in [1.82, 2.24) is 4.98 Å². The van der Waals surface area contributed by atoms with Crippen LogP contribution >= 0.6 is 35.0 Å². The standard InChI is InChI=1S/C20H14Cl2N2O3S2/c21-15-2-1-3-16(22)14(15)11-29(26,27)13-4-5-17-18(9-13)28-19(20(25)24-17)8-12-6-7-23-10-12/h1-10,23H,11H2,(H,24,25)/b19-8+. The summed E-state index contributed by atoms with van der Waals surface area (Å²) in [6, 6.07) is 11.3. The Kier molecular flexibility index (Phi) is 5.48. The molecule has 0 saturated carbocycles. The van der Waals surface area contributed by atoms with E-state index in [4.69, 9.17) is 23.2 Å². The van der Waals surface area contributed by atoms with Crippen molar-refractivity contribution in [1.29, 1.82) is 0 Å². The number of aromatic nitrogens is 1. The van der Waals surface area contributed by atoms with Gasteiger partial charge in [0.2, 0.25) is 0 Å². The zero-order chi connectivity index (χ0) is 20.6. The first-order valence-corrected chi connectivity index (χ1v) is 11.7. The zero-order valence-corrected chi connectivity index (χ0v) is 17.9. The highest BCUT2D eigenvalue weighted by atomic mass is 35.5. The monoisotopic (exact) mass is 464 g/mol. The molecule has 1 aliphatic heterocycles. The van der Waals surface area contributed by atoms with Crippen LogP contribution in [0.3, 0.4) is 0 Å². The minimum atomic E-state index is -3.69. The Balaban J connectivity index is 1.67. The molecular formula is C20H14Cl2N2O3S2. The van der Waals surface area contributed by atoms with Gasteiger partial charge in [0.25, 0.3) is 5.91 Å². The molecule has 9 heteroatoms. The van der Waals surface area contributed by atoms with E-state index in [0.29, 0.717) is 31.1 Å². The maximum Gasteiger partial charge on any atom is 0.262 e. The van der Waals surface area contributed by atoms with Crippen molar-refractivity contribution in [3.05, 3.63) is 80.9 Å². The number of anilines is 1. The second kappa shape index (κ2) is 7.91. The SMILES string of the molecule is O=C1Nc2ccc(S(=O)(=O)Cc3c(Cl)cccc3Cl)cc2S/C1=C/c1cc[nH]c1. The molecule has 0 saturated heterocycles. The molecule has 0 radical (unpaired) electrons. The minimum Gasteiger partial charge on any atom is -0.367 e. The number of halogens is 2. The Hall–Kier alpha value is -2.19. The summed E-state index contributed by atoms with van der Waals surface area (Å²) in [4.78, 5) is 16.5. The zero-order valence-electron chi connectivity index (χ0n) is 14.8. The molecule has 2 heterocycles. The number of sulfone groups is 1. The van der Waals surface area contributed by atoms with Crippen LogP contribution in [0, 0.1) is 0 Å². The molecule has 1 aromatic heterocycles. The highest BCUT2D eigenvalue weighted by Crippen LogP contribution is 2.40. The fourth-order valence-corrected chi connectivity index (χ4v) is 6.03. The van der Waals surface area contributed by atoms with Crippen LogP contribution in [0.4, 0.5) is 5.69 Å². The molecule has 0 spiro atoms. The molecule has 1 aliphatic rings. The van der Waals surface area contributed by atoms with Crippen LogP contribution in [-0.4, -0.2) is 19.3 Å². The topological polar surface area (TPSA) is 79.0 Å². The van der Waals surface area contributed by atoms with E-state index in [2.05, 4.69) is 10.3 Å². The van der Waals surface area contributed by atoms with Crippen molar-refractivity contribution in [2.45, 2.75) is 15.5 Å². The van der Waals surface area contributed by atoms with Crippen molar-refractivity contribution >= 4 is 62.5 Å². The Morgan fingerprint density at radius 2 is 1.83 bits per heavy atom. The van der Waals surface area contributed by atoms with E-state index in [1.54, 1.807) is 48.8 Å². The lowest BCUT2D eigenvalue weighted by Gasteiger charge is -2.19. The molecular weight excluding hydrogens is 451 g/mol. The van der Waals surface area contributed by atoms with Gasteiger partial charge in [0.1, 0.15) is 0 Å². The summed E-state index contributed by atoms with van der Waals surface area (Å²) in [7, 11) is -3.69. The highest BCUT2D eigenvalue weighted by Gasteiger charge is 2.25.